The van der Waals surface area contributed by atoms with Crippen LogP contribution in [-0.4, -0.2) is 14.5 Å². The molecule has 0 radical (unpaired) electrons. The molecule has 0 bridgehead atoms. The molecule has 3 aromatic rings. The van der Waals surface area contributed by atoms with Crippen molar-refractivity contribution in [1.29, 1.82) is 0 Å². The van der Waals surface area contributed by atoms with Gasteiger partial charge in [-0.1, -0.05) is 39.7 Å². The molecule has 0 saturated carbocycles. The largest absolute Gasteiger partial charge is 0.307 e. The van der Waals surface area contributed by atoms with Crippen LogP contribution in [-0.2, 0) is 12.4 Å². The summed E-state index contributed by atoms with van der Waals surface area (Å²) in [6.07, 6.45) is 1.63. The van der Waals surface area contributed by atoms with Crippen LogP contribution in [0.4, 0.5) is 0 Å². The first-order valence-corrected chi connectivity index (χ1v) is 7.69. The molecule has 0 fully saturated rings. The molecule has 2 aromatic heterocycles. The summed E-state index contributed by atoms with van der Waals surface area (Å²) in [6.45, 7) is 0.673. The molecule has 0 saturated heterocycles. The van der Waals surface area contributed by atoms with E-state index >= 15 is 0 Å². The van der Waals surface area contributed by atoms with E-state index in [1.165, 1.54) is 0 Å². The van der Waals surface area contributed by atoms with Gasteiger partial charge < -0.3 is 4.57 Å². The lowest BCUT2D eigenvalue weighted by Gasteiger charge is -2.07. The Labute approximate surface area is 134 Å². The normalized spacial score (nSPS) is 11.2. The summed E-state index contributed by atoms with van der Waals surface area (Å²) < 4.78 is 3.06. The molecule has 0 aliphatic carbocycles. The highest BCUT2D eigenvalue weighted by atomic mass is 79.9. The van der Waals surface area contributed by atoms with E-state index < -0.39 is 0 Å². The maximum atomic E-state index is 5.99. The topological polar surface area (TPSA) is 30.7 Å². The zero-order valence-corrected chi connectivity index (χ0v) is 13.5. The predicted molar refractivity (Wildman–Crippen MR) is 85.3 cm³/mol. The van der Waals surface area contributed by atoms with Crippen LogP contribution in [0.25, 0.3) is 11.2 Å². The summed E-state index contributed by atoms with van der Waals surface area (Å²) >= 11 is 15.4. The van der Waals surface area contributed by atoms with Crippen molar-refractivity contribution in [3.05, 3.63) is 57.4 Å². The number of rotatable bonds is 3. The molecule has 0 amide bonds. The fourth-order valence-electron chi connectivity index (χ4n) is 2.12. The number of pyridine rings is 1. The maximum Gasteiger partial charge on any atom is 0.160 e. The third-order valence-electron chi connectivity index (χ3n) is 2.98. The number of halogens is 3. The van der Waals surface area contributed by atoms with Gasteiger partial charge in [0.1, 0.15) is 11.3 Å². The van der Waals surface area contributed by atoms with Gasteiger partial charge in [-0.05, 0) is 23.8 Å². The number of imidazole rings is 1. The van der Waals surface area contributed by atoms with Crippen LogP contribution in [0.3, 0.4) is 0 Å². The summed E-state index contributed by atoms with van der Waals surface area (Å²) in [5.41, 5.74) is 2.72. The van der Waals surface area contributed by atoms with Crippen molar-refractivity contribution in [3.8, 4) is 0 Å². The lowest BCUT2D eigenvalue weighted by atomic mass is 10.2. The summed E-state index contributed by atoms with van der Waals surface area (Å²) in [6, 6.07) is 9.93. The molecule has 102 valence electrons. The minimum Gasteiger partial charge on any atom is -0.307 e. The molecule has 0 aliphatic rings. The Morgan fingerprint density at radius 3 is 2.85 bits per heavy atom. The number of hydrogen-bond acceptors (Lipinski definition) is 2. The van der Waals surface area contributed by atoms with Gasteiger partial charge in [-0.2, -0.15) is 0 Å². The van der Waals surface area contributed by atoms with E-state index in [4.69, 9.17) is 23.2 Å². The smallest absolute Gasteiger partial charge is 0.160 e. The Morgan fingerprint density at radius 2 is 2.10 bits per heavy atom. The van der Waals surface area contributed by atoms with Crippen molar-refractivity contribution in [2.75, 3.05) is 0 Å². The van der Waals surface area contributed by atoms with Gasteiger partial charge in [0.2, 0.25) is 0 Å². The lowest BCUT2D eigenvalue weighted by molar-refractivity contribution is 0.770. The second-order valence-corrected chi connectivity index (χ2v) is 5.99. The zero-order chi connectivity index (χ0) is 14.1. The van der Waals surface area contributed by atoms with Crippen molar-refractivity contribution >= 4 is 50.3 Å². The van der Waals surface area contributed by atoms with E-state index in [1.54, 1.807) is 12.3 Å². The first-order valence-electron chi connectivity index (χ1n) is 5.98. The number of aromatic nitrogens is 3. The van der Waals surface area contributed by atoms with Crippen LogP contribution in [0.15, 0.2) is 41.0 Å². The van der Waals surface area contributed by atoms with Crippen LogP contribution in [0, 0.1) is 0 Å². The van der Waals surface area contributed by atoms with Crippen molar-refractivity contribution in [2.24, 2.45) is 0 Å². The highest BCUT2D eigenvalue weighted by molar-refractivity contribution is 9.10. The number of benzene rings is 1. The van der Waals surface area contributed by atoms with Crippen molar-refractivity contribution in [3.63, 3.8) is 0 Å². The van der Waals surface area contributed by atoms with Crippen LogP contribution in [0.5, 0.6) is 0 Å². The average molecular weight is 371 g/mol. The van der Waals surface area contributed by atoms with E-state index in [9.17, 15) is 0 Å². The number of hydrogen-bond donors (Lipinski definition) is 0. The van der Waals surface area contributed by atoms with Gasteiger partial charge in [0.25, 0.3) is 0 Å². The lowest BCUT2D eigenvalue weighted by Crippen LogP contribution is -2.04. The third-order valence-corrected chi connectivity index (χ3v) is 3.92. The van der Waals surface area contributed by atoms with Gasteiger partial charge in [-0.15, -0.1) is 11.6 Å². The first kappa shape index (κ1) is 13.9. The molecule has 20 heavy (non-hydrogen) atoms. The van der Waals surface area contributed by atoms with Crippen LogP contribution in [0.1, 0.15) is 11.4 Å². The molecular weight excluding hydrogens is 361 g/mol. The number of nitrogens with zero attached hydrogens (tertiary/aromatic N) is 3. The van der Waals surface area contributed by atoms with Crippen molar-refractivity contribution in [1.82, 2.24) is 14.5 Å². The SMILES string of the molecule is ClCc1nc2cc(Cl)cnc2n1Cc1cccc(Br)c1. The standard InChI is InChI=1S/C14H10BrCl2N3/c15-10-3-1-2-9(4-10)8-20-13(6-16)19-12-5-11(17)7-18-14(12)20/h1-5,7H,6,8H2. The Hall–Kier alpha value is -1.10. The number of fused-ring (bicyclic) bond motifs is 1. The summed E-state index contributed by atoms with van der Waals surface area (Å²) in [7, 11) is 0. The zero-order valence-electron chi connectivity index (χ0n) is 10.4. The minimum absolute atomic E-state index is 0.335. The monoisotopic (exact) mass is 369 g/mol. The molecular formula is C14H10BrCl2N3. The van der Waals surface area contributed by atoms with E-state index in [0.29, 0.717) is 17.4 Å². The van der Waals surface area contributed by atoms with E-state index in [-0.39, 0.29) is 0 Å². The molecule has 3 rings (SSSR count). The highest BCUT2D eigenvalue weighted by Crippen LogP contribution is 2.21. The average Bonchev–Trinajstić information content (AvgIpc) is 2.76. The predicted octanol–water partition coefficient (Wildman–Crippen LogP) is 4.63. The Kier molecular flexibility index (Phi) is 3.96. The third kappa shape index (κ3) is 2.68. The van der Waals surface area contributed by atoms with Crippen LogP contribution in [0.2, 0.25) is 5.02 Å². The molecule has 2 heterocycles. The van der Waals surface area contributed by atoms with Crippen LogP contribution >= 0.6 is 39.1 Å². The fraction of sp³-hybridized carbons (Fsp3) is 0.143. The van der Waals surface area contributed by atoms with Gasteiger partial charge >= 0.3 is 0 Å². The minimum atomic E-state index is 0.335. The fourth-order valence-corrected chi connectivity index (χ4v) is 2.92. The second-order valence-electron chi connectivity index (χ2n) is 4.37. The molecule has 0 aliphatic heterocycles. The maximum absolute atomic E-state index is 5.99. The van der Waals surface area contributed by atoms with Crippen molar-refractivity contribution in [2.45, 2.75) is 12.4 Å². The first-order chi connectivity index (χ1) is 9.67. The summed E-state index contributed by atoms with van der Waals surface area (Å²) in [4.78, 5) is 8.85. The molecule has 0 N–H and O–H groups in total. The van der Waals surface area contributed by atoms with Crippen LogP contribution < -0.4 is 0 Å². The molecule has 3 nitrogen and oxygen atoms in total. The van der Waals surface area contributed by atoms with Gasteiger partial charge in [0.15, 0.2) is 5.65 Å². The Balaban J connectivity index is 2.10. The number of alkyl halides is 1. The molecule has 6 heteroatoms. The quantitative estimate of drug-likeness (QED) is 0.629. The van der Waals surface area contributed by atoms with E-state index in [2.05, 4.69) is 38.0 Å². The van der Waals surface area contributed by atoms with Gasteiger partial charge in [0, 0.05) is 10.7 Å². The summed E-state index contributed by atoms with van der Waals surface area (Å²) in [5.74, 6) is 1.12. The Bertz CT molecular complexity index is 770. The Morgan fingerprint density at radius 1 is 1.25 bits per heavy atom. The summed E-state index contributed by atoms with van der Waals surface area (Å²) in [5, 5.41) is 0.575. The van der Waals surface area contributed by atoms with E-state index in [0.717, 1.165) is 27.0 Å². The van der Waals surface area contributed by atoms with Crippen molar-refractivity contribution < 1.29 is 0 Å². The second kappa shape index (κ2) is 5.72. The molecule has 0 unspecified atom stereocenters. The van der Waals surface area contributed by atoms with E-state index in [1.807, 2.05) is 16.7 Å². The molecule has 0 atom stereocenters. The molecule has 1 aromatic carbocycles. The van der Waals surface area contributed by atoms with Gasteiger partial charge in [0.05, 0.1) is 17.4 Å². The molecule has 0 spiro atoms. The highest BCUT2D eigenvalue weighted by Gasteiger charge is 2.12. The van der Waals surface area contributed by atoms with Gasteiger partial charge in [-0.25, -0.2) is 9.97 Å². The van der Waals surface area contributed by atoms with Gasteiger partial charge in [-0.3, -0.25) is 0 Å².